The molecule has 0 amide bonds. The number of carbonyl (C=O) groups is 5. The van der Waals surface area contributed by atoms with Crippen molar-refractivity contribution in [2.24, 2.45) is 34.3 Å². The Labute approximate surface area is 342 Å². The molecule has 0 heterocycles. The standard InChI is InChI=1S/C35H42F2N2O11.C4H7NO5/c1-33-18-30(42)35(37)25(17-27(36)26-16-21(40)11-12-34(26,35)2)23(33)9-10-24(33)29(41)19-48-32(44)50-22-7-5-20(6-8-22)15-28(38)31(43)47-13-3-4-14-49-39(45)46;6-4(7)2-1-3-10-5(8)9/h5-8,11-12,16,23-25,27-28,30,42H,3-4,9-10,13-15,17-19,38H2,1-2H3;1-3H2,(H,6,7)/t23?,24?,25?,27-,28?,30?,33?,34?,35-;/m0./s1. The number of halogens is 2. The lowest BCUT2D eigenvalue weighted by atomic mass is 9.45. The van der Waals surface area contributed by atoms with Crippen LogP contribution in [0.4, 0.5) is 13.6 Å². The number of nitrogens with two attached hydrogens (primary N) is 1. The van der Waals surface area contributed by atoms with Crippen LogP contribution in [-0.2, 0) is 44.7 Å². The highest BCUT2D eigenvalue weighted by atomic mass is 19.1. The number of fused-ring (bicyclic) bond motifs is 5. The molecule has 60 heavy (non-hydrogen) atoms. The number of alkyl halides is 2. The van der Waals surface area contributed by atoms with Gasteiger partial charge in [0.1, 0.15) is 18.0 Å². The average molecular weight is 854 g/mol. The molecule has 21 heteroatoms. The number of carboxylic acids is 1. The van der Waals surface area contributed by atoms with Crippen molar-refractivity contribution in [3.8, 4) is 5.75 Å². The fourth-order valence-corrected chi connectivity index (χ4v) is 9.10. The second-order valence-corrected chi connectivity index (χ2v) is 15.6. The number of hydrogen-bond acceptors (Lipinski definition) is 16. The Kier molecular flexibility index (Phi) is 15.8. The summed E-state index contributed by atoms with van der Waals surface area (Å²) in [5, 5.41) is 37.2. The van der Waals surface area contributed by atoms with E-state index in [-0.39, 0.29) is 63.2 Å². The molecular weight excluding hydrogens is 804 g/mol. The van der Waals surface area contributed by atoms with Crippen LogP contribution in [0.3, 0.4) is 0 Å². The third-order valence-corrected chi connectivity index (χ3v) is 11.9. The number of Topliss-reactive ketones (excluding diaryl/α,β-unsaturated/α-hetero) is 1. The number of unbranched alkanes of at least 4 members (excludes halogenated alkanes) is 1. The highest BCUT2D eigenvalue weighted by Gasteiger charge is 2.72. The molecule has 1 aromatic carbocycles. The van der Waals surface area contributed by atoms with Crippen molar-refractivity contribution < 1.29 is 77.0 Å². The maximum absolute atomic E-state index is 17.2. The summed E-state index contributed by atoms with van der Waals surface area (Å²) >= 11 is 0. The van der Waals surface area contributed by atoms with Gasteiger partial charge in [-0.1, -0.05) is 25.1 Å². The van der Waals surface area contributed by atoms with Gasteiger partial charge >= 0.3 is 18.1 Å². The summed E-state index contributed by atoms with van der Waals surface area (Å²) in [5.74, 6) is -4.32. The number of hydrogen-bond donors (Lipinski definition) is 3. The van der Waals surface area contributed by atoms with Gasteiger partial charge in [0, 0.05) is 23.7 Å². The molecule has 19 nitrogen and oxygen atoms in total. The monoisotopic (exact) mass is 853 g/mol. The number of carbonyl (C=O) groups excluding carboxylic acids is 4. The van der Waals surface area contributed by atoms with Crippen molar-refractivity contribution in [2.45, 2.75) is 95.6 Å². The van der Waals surface area contributed by atoms with Gasteiger partial charge in [0.25, 0.3) is 10.2 Å². The first-order valence-corrected chi connectivity index (χ1v) is 19.3. The van der Waals surface area contributed by atoms with E-state index in [1.807, 2.05) is 0 Å². The number of aliphatic hydroxyl groups excluding tert-OH is 1. The SMILES string of the molecule is CC12CC(O)[C@@]3(F)C(C[C@H](F)C4=CC(=O)C=CC43C)C1CCC2C(=O)COC(=O)Oc1ccc(CC(N)C(=O)OCCCCO[N+](=O)[O-])cc1.O=C(O)CCCO[N+](=O)[O-]. The fraction of sp³-hybridized carbons (Fsp3) is 0.615. The molecule has 0 saturated heterocycles. The molecule has 4 aliphatic carbocycles. The fourth-order valence-electron chi connectivity index (χ4n) is 9.10. The summed E-state index contributed by atoms with van der Waals surface area (Å²) in [6.07, 6.45) is 0.924. The molecule has 9 atom stereocenters. The zero-order valence-electron chi connectivity index (χ0n) is 33.0. The van der Waals surface area contributed by atoms with Crippen LogP contribution in [0, 0.1) is 48.8 Å². The molecule has 0 radical (unpaired) electrons. The van der Waals surface area contributed by atoms with Crippen molar-refractivity contribution in [1.82, 2.24) is 0 Å². The zero-order valence-corrected chi connectivity index (χ0v) is 33.0. The Morgan fingerprint density at radius 3 is 2.23 bits per heavy atom. The van der Waals surface area contributed by atoms with Crippen LogP contribution in [-0.4, -0.2) is 100 Å². The minimum atomic E-state index is -2.23. The van der Waals surface area contributed by atoms with E-state index in [0.29, 0.717) is 31.2 Å². The number of carboxylic acid groups (broad SMARTS) is 1. The Hall–Kier alpha value is -5.57. The van der Waals surface area contributed by atoms with Crippen LogP contribution < -0.4 is 10.5 Å². The lowest BCUT2D eigenvalue weighted by Gasteiger charge is -2.62. The normalized spacial score (nSPS) is 29.1. The Bertz CT molecular complexity index is 1830. The molecule has 0 aromatic heterocycles. The number of benzene rings is 1. The topological polar surface area (TPSA) is 284 Å². The largest absolute Gasteiger partial charge is 0.514 e. The first kappa shape index (κ1) is 47.1. The minimum Gasteiger partial charge on any atom is -0.481 e. The van der Waals surface area contributed by atoms with E-state index in [2.05, 4.69) is 9.68 Å². The Morgan fingerprint density at radius 2 is 1.60 bits per heavy atom. The summed E-state index contributed by atoms with van der Waals surface area (Å²) in [7, 11) is 0. The summed E-state index contributed by atoms with van der Waals surface area (Å²) in [6.45, 7) is 2.50. The number of rotatable bonds is 18. The molecular formula is C39H49F2N3O16. The second-order valence-electron chi connectivity index (χ2n) is 15.6. The van der Waals surface area contributed by atoms with Crippen LogP contribution in [0.5, 0.6) is 5.75 Å². The van der Waals surface area contributed by atoms with E-state index in [1.165, 1.54) is 31.2 Å². The van der Waals surface area contributed by atoms with Crippen molar-refractivity contribution in [3.05, 3.63) is 73.9 Å². The van der Waals surface area contributed by atoms with Crippen LogP contribution in [0.25, 0.3) is 0 Å². The van der Waals surface area contributed by atoms with Crippen molar-refractivity contribution in [1.29, 1.82) is 0 Å². The highest BCUT2D eigenvalue weighted by Crippen LogP contribution is 2.69. The first-order valence-electron chi connectivity index (χ1n) is 19.3. The molecule has 330 valence electrons. The number of allylic oxidation sites excluding steroid dienone is 4. The molecule has 7 unspecified atom stereocenters. The smallest absolute Gasteiger partial charge is 0.481 e. The van der Waals surface area contributed by atoms with Crippen LogP contribution in [0.2, 0.25) is 0 Å². The van der Waals surface area contributed by atoms with Gasteiger partial charge in [-0.3, -0.25) is 19.2 Å². The van der Waals surface area contributed by atoms with Gasteiger partial charge in [0.05, 0.1) is 25.9 Å². The number of ether oxygens (including phenoxy) is 3. The summed E-state index contributed by atoms with van der Waals surface area (Å²) < 4.78 is 48.2. The summed E-state index contributed by atoms with van der Waals surface area (Å²) in [5.41, 5.74) is 2.00. The van der Waals surface area contributed by atoms with E-state index in [9.17, 15) is 49.3 Å². The molecule has 3 fully saturated rings. The maximum Gasteiger partial charge on any atom is 0.514 e. The van der Waals surface area contributed by atoms with E-state index in [0.717, 1.165) is 6.08 Å². The van der Waals surface area contributed by atoms with E-state index in [4.69, 9.17) is 25.1 Å². The Morgan fingerprint density at radius 1 is 0.967 bits per heavy atom. The van der Waals surface area contributed by atoms with Gasteiger partial charge < -0.3 is 39.8 Å². The van der Waals surface area contributed by atoms with Gasteiger partial charge in [-0.15, -0.1) is 20.2 Å². The number of aliphatic hydroxyl groups is 1. The molecule has 1 aromatic rings. The zero-order chi connectivity index (χ0) is 44.4. The summed E-state index contributed by atoms with van der Waals surface area (Å²) in [6, 6.07) is 5.12. The third kappa shape index (κ3) is 11.0. The number of aliphatic carboxylic acids is 1. The van der Waals surface area contributed by atoms with Crippen molar-refractivity contribution in [2.75, 3.05) is 26.4 Å². The van der Waals surface area contributed by atoms with Crippen LogP contribution in [0.1, 0.15) is 70.8 Å². The van der Waals surface area contributed by atoms with E-state index >= 15 is 8.78 Å². The third-order valence-electron chi connectivity index (χ3n) is 11.9. The van der Waals surface area contributed by atoms with Crippen molar-refractivity contribution in [3.63, 3.8) is 0 Å². The predicted octanol–water partition coefficient (Wildman–Crippen LogP) is 4.17. The number of ketones is 2. The lowest BCUT2D eigenvalue weighted by Crippen LogP contribution is -2.68. The molecule has 4 aliphatic rings. The molecule has 0 aliphatic heterocycles. The lowest BCUT2D eigenvalue weighted by molar-refractivity contribution is -0.757. The molecule has 5 rings (SSSR count). The average Bonchev–Trinajstić information content (AvgIpc) is 3.52. The number of nitrogens with zero attached hydrogens (tertiary/aromatic N) is 2. The van der Waals surface area contributed by atoms with E-state index < -0.39 is 99.0 Å². The molecule has 3 saturated carbocycles. The van der Waals surface area contributed by atoms with Gasteiger partial charge in [0.2, 0.25) is 0 Å². The maximum atomic E-state index is 17.2. The molecule has 0 spiro atoms. The Balaban J connectivity index is 0.000000703. The first-order chi connectivity index (χ1) is 28.2. The highest BCUT2D eigenvalue weighted by molar-refractivity contribution is 6.01. The van der Waals surface area contributed by atoms with Gasteiger partial charge in [-0.05, 0) is 105 Å². The minimum absolute atomic E-state index is 0.0336. The van der Waals surface area contributed by atoms with Gasteiger partial charge in [-0.25, -0.2) is 13.6 Å². The predicted molar refractivity (Wildman–Crippen MR) is 200 cm³/mol. The molecule has 0 bridgehead atoms. The van der Waals surface area contributed by atoms with Crippen LogP contribution >= 0.6 is 0 Å². The van der Waals surface area contributed by atoms with Gasteiger partial charge in [-0.2, -0.15) is 0 Å². The molecule has 4 N–H and O–H groups in total. The van der Waals surface area contributed by atoms with Gasteiger partial charge in [0.15, 0.2) is 23.8 Å². The van der Waals surface area contributed by atoms with Crippen molar-refractivity contribution >= 4 is 29.7 Å². The second kappa shape index (κ2) is 20.1. The van der Waals surface area contributed by atoms with E-state index in [1.54, 1.807) is 19.1 Å². The quantitative estimate of drug-likeness (QED) is 0.0614. The summed E-state index contributed by atoms with van der Waals surface area (Å²) in [4.78, 5) is 87.5. The number of esters is 1. The van der Waals surface area contributed by atoms with Crippen LogP contribution in [0.15, 0.2) is 48.1 Å².